The van der Waals surface area contributed by atoms with Crippen LogP contribution in [0.3, 0.4) is 0 Å². The molecule has 0 rings (SSSR count). The molecule has 2 unspecified atom stereocenters. The molecule has 0 radical (unpaired) electrons. The summed E-state index contributed by atoms with van der Waals surface area (Å²) in [5, 5.41) is 0. The van der Waals surface area contributed by atoms with Gasteiger partial charge in [-0.15, -0.1) is 0 Å². The number of hydrogen-bond acceptors (Lipinski definition) is 2. The molecule has 2 nitrogen and oxygen atoms in total. The number of rotatable bonds is 5. The summed E-state index contributed by atoms with van der Waals surface area (Å²) in [6, 6.07) is 0. The van der Waals surface area contributed by atoms with Gasteiger partial charge >= 0.3 is 5.97 Å². The maximum Gasteiger partial charge on any atom is 0.305 e. The fourth-order valence-corrected chi connectivity index (χ4v) is 1.09. The summed E-state index contributed by atoms with van der Waals surface area (Å²) in [5.74, 6) is 0.551. The largest absolute Gasteiger partial charge is 0.463 e. The van der Waals surface area contributed by atoms with E-state index < -0.39 is 0 Å². The summed E-state index contributed by atoms with van der Waals surface area (Å²) in [5.41, 5.74) is 0. The first-order valence-corrected chi connectivity index (χ1v) is 4.79. The van der Waals surface area contributed by atoms with Crippen molar-refractivity contribution in [3.05, 3.63) is 0 Å². The van der Waals surface area contributed by atoms with Gasteiger partial charge in [-0.3, -0.25) is 4.79 Å². The van der Waals surface area contributed by atoms with Gasteiger partial charge in [-0.2, -0.15) is 0 Å². The van der Waals surface area contributed by atoms with Crippen molar-refractivity contribution in [2.75, 3.05) is 0 Å². The summed E-state index contributed by atoms with van der Waals surface area (Å²) >= 11 is 0. The van der Waals surface area contributed by atoms with Gasteiger partial charge in [0.1, 0.15) is 0 Å². The SMILES string of the molecule is CCC(=O)OC(C)CC(C)CC. The van der Waals surface area contributed by atoms with Crippen molar-refractivity contribution < 1.29 is 9.53 Å². The molecule has 0 N–H and O–H groups in total. The smallest absolute Gasteiger partial charge is 0.305 e. The van der Waals surface area contributed by atoms with Gasteiger partial charge in [-0.1, -0.05) is 27.2 Å². The molecule has 0 fully saturated rings. The van der Waals surface area contributed by atoms with E-state index in [9.17, 15) is 4.79 Å². The number of esters is 1. The van der Waals surface area contributed by atoms with E-state index in [-0.39, 0.29) is 12.1 Å². The van der Waals surface area contributed by atoms with Crippen LogP contribution in [0.2, 0.25) is 0 Å². The van der Waals surface area contributed by atoms with E-state index in [2.05, 4.69) is 13.8 Å². The third kappa shape index (κ3) is 5.16. The highest BCUT2D eigenvalue weighted by Crippen LogP contribution is 2.12. The van der Waals surface area contributed by atoms with Crippen LogP contribution in [0.4, 0.5) is 0 Å². The second-order valence-electron chi connectivity index (χ2n) is 3.40. The molecule has 0 aromatic carbocycles. The first-order valence-electron chi connectivity index (χ1n) is 4.79. The maximum atomic E-state index is 10.9. The molecule has 0 saturated heterocycles. The van der Waals surface area contributed by atoms with Gasteiger partial charge in [0.05, 0.1) is 6.10 Å². The summed E-state index contributed by atoms with van der Waals surface area (Å²) in [4.78, 5) is 10.9. The van der Waals surface area contributed by atoms with Crippen LogP contribution >= 0.6 is 0 Å². The van der Waals surface area contributed by atoms with Crippen molar-refractivity contribution in [3.8, 4) is 0 Å². The van der Waals surface area contributed by atoms with Crippen molar-refractivity contribution in [3.63, 3.8) is 0 Å². The Balaban J connectivity index is 3.58. The van der Waals surface area contributed by atoms with Gasteiger partial charge in [-0.05, 0) is 19.3 Å². The van der Waals surface area contributed by atoms with Crippen LogP contribution in [0.25, 0.3) is 0 Å². The highest BCUT2D eigenvalue weighted by Gasteiger charge is 2.10. The van der Waals surface area contributed by atoms with Crippen LogP contribution in [-0.2, 0) is 9.53 Å². The highest BCUT2D eigenvalue weighted by molar-refractivity contribution is 5.69. The summed E-state index contributed by atoms with van der Waals surface area (Å²) in [6.07, 6.45) is 2.67. The van der Waals surface area contributed by atoms with E-state index >= 15 is 0 Å². The molecule has 0 heterocycles. The zero-order valence-corrected chi connectivity index (χ0v) is 8.59. The monoisotopic (exact) mass is 172 g/mol. The van der Waals surface area contributed by atoms with Gasteiger partial charge in [0.25, 0.3) is 0 Å². The molecule has 0 aromatic rings. The van der Waals surface area contributed by atoms with Crippen LogP contribution < -0.4 is 0 Å². The molecule has 72 valence electrons. The van der Waals surface area contributed by atoms with Crippen molar-refractivity contribution in [1.82, 2.24) is 0 Å². The molecule has 0 bridgehead atoms. The standard InChI is InChI=1S/C10H20O2/c1-5-8(3)7-9(4)12-10(11)6-2/h8-9H,5-7H2,1-4H3. The summed E-state index contributed by atoms with van der Waals surface area (Å²) < 4.78 is 5.13. The lowest BCUT2D eigenvalue weighted by atomic mass is 10.0. The van der Waals surface area contributed by atoms with Gasteiger partial charge in [0, 0.05) is 6.42 Å². The number of carbonyl (C=O) groups excluding carboxylic acids is 1. The van der Waals surface area contributed by atoms with Crippen LogP contribution in [0.15, 0.2) is 0 Å². The molecule has 12 heavy (non-hydrogen) atoms. The van der Waals surface area contributed by atoms with Gasteiger partial charge in [0.15, 0.2) is 0 Å². The Morgan fingerprint density at radius 1 is 1.33 bits per heavy atom. The second kappa shape index (κ2) is 6.04. The topological polar surface area (TPSA) is 26.3 Å². The molecule has 0 saturated carbocycles. The minimum atomic E-state index is -0.0918. The Morgan fingerprint density at radius 2 is 1.92 bits per heavy atom. The third-order valence-corrected chi connectivity index (χ3v) is 2.05. The van der Waals surface area contributed by atoms with E-state index in [1.165, 1.54) is 0 Å². The average molecular weight is 172 g/mol. The quantitative estimate of drug-likeness (QED) is 0.596. The first-order chi connectivity index (χ1) is 5.60. The lowest BCUT2D eigenvalue weighted by Gasteiger charge is -2.16. The minimum Gasteiger partial charge on any atom is -0.463 e. The fraction of sp³-hybridized carbons (Fsp3) is 0.900. The van der Waals surface area contributed by atoms with Crippen molar-refractivity contribution in [2.24, 2.45) is 5.92 Å². The zero-order valence-electron chi connectivity index (χ0n) is 8.59. The van der Waals surface area contributed by atoms with Crippen LogP contribution in [-0.4, -0.2) is 12.1 Å². The Bertz CT molecular complexity index is 132. The number of ether oxygens (including phenoxy) is 1. The molecular weight excluding hydrogens is 152 g/mol. The molecule has 2 heteroatoms. The van der Waals surface area contributed by atoms with Gasteiger partial charge in [-0.25, -0.2) is 0 Å². The van der Waals surface area contributed by atoms with Crippen LogP contribution in [0.1, 0.15) is 47.0 Å². The Labute approximate surface area is 75.3 Å². The third-order valence-electron chi connectivity index (χ3n) is 2.05. The number of hydrogen-bond donors (Lipinski definition) is 0. The number of carbonyl (C=O) groups is 1. The molecule has 0 aliphatic carbocycles. The molecule has 0 aliphatic rings. The Morgan fingerprint density at radius 3 is 2.33 bits per heavy atom. The fourth-order valence-electron chi connectivity index (χ4n) is 1.09. The first kappa shape index (κ1) is 11.5. The lowest BCUT2D eigenvalue weighted by Crippen LogP contribution is -2.16. The molecule has 2 atom stereocenters. The predicted molar refractivity (Wildman–Crippen MR) is 49.9 cm³/mol. The lowest BCUT2D eigenvalue weighted by molar-refractivity contribution is -0.148. The van der Waals surface area contributed by atoms with E-state index in [0.29, 0.717) is 12.3 Å². The van der Waals surface area contributed by atoms with Crippen LogP contribution in [0.5, 0.6) is 0 Å². The second-order valence-corrected chi connectivity index (χ2v) is 3.40. The zero-order chi connectivity index (χ0) is 9.56. The maximum absolute atomic E-state index is 10.9. The van der Waals surface area contributed by atoms with E-state index in [1.54, 1.807) is 0 Å². The van der Waals surface area contributed by atoms with Crippen LogP contribution in [0, 0.1) is 5.92 Å². The van der Waals surface area contributed by atoms with E-state index in [4.69, 9.17) is 4.74 Å². The molecule has 0 amide bonds. The van der Waals surface area contributed by atoms with Crippen molar-refractivity contribution >= 4 is 5.97 Å². The summed E-state index contributed by atoms with van der Waals surface area (Å²) in [6.45, 7) is 8.10. The van der Waals surface area contributed by atoms with Gasteiger partial charge < -0.3 is 4.74 Å². The summed E-state index contributed by atoms with van der Waals surface area (Å²) in [7, 11) is 0. The van der Waals surface area contributed by atoms with Crippen molar-refractivity contribution in [1.29, 1.82) is 0 Å². The Hall–Kier alpha value is -0.530. The molecule has 0 aliphatic heterocycles. The Kier molecular flexibility index (Phi) is 5.77. The van der Waals surface area contributed by atoms with Gasteiger partial charge in [0.2, 0.25) is 0 Å². The molecule has 0 spiro atoms. The van der Waals surface area contributed by atoms with E-state index in [1.807, 2.05) is 13.8 Å². The normalized spacial score (nSPS) is 15.3. The minimum absolute atomic E-state index is 0.0763. The average Bonchev–Trinajstić information content (AvgIpc) is 2.03. The molecule has 0 aromatic heterocycles. The predicted octanol–water partition coefficient (Wildman–Crippen LogP) is 2.76. The molecular formula is C10H20O2. The van der Waals surface area contributed by atoms with E-state index in [0.717, 1.165) is 12.8 Å². The van der Waals surface area contributed by atoms with Crippen molar-refractivity contribution in [2.45, 2.75) is 53.1 Å². The highest BCUT2D eigenvalue weighted by atomic mass is 16.5.